The normalized spacial score (nSPS) is 23.1. The number of rotatable bonds is 0. The van der Waals surface area contributed by atoms with Gasteiger partial charge in [0.05, 0.1) is 0 Å². The van der Waals surface area contributed by atoms with Gasteiger partial charge in [-0.2, -0.15) is 0 Å². The van der Waals surface area contributed by atoms with Gasteiger partial charge in [0.25, 0.3) is 0 Å². The van der Waals surface area contributed by atoms with Crippen LogP contribution in [0.1, 0.15) is 47.5 Å². The van der Waals surface area contributed by atoms with Crippen molar-refractivity contribution in [3.05, 3.63) is 0 Å². The van der Waals surface area contributed by atoms with Gasteiger partial charge < -0.3 is 0 Å². The van der Waals surface area contributed by atoms with Crippen molar-refractivity contribution < 1.29 is 0 Å². The third-order valence-corrected chi connectivity index (χ3v) is 7.56. The minimum absolute atomic E-state index is 0.393. The summed E-state index contributed by atoms with van der Waals surface area (Å²) in [5.74, 6) is 1.09. The van der Waals surface area contributed by atoms with E-state index in [1.165, 1.54) is 0 Å². The molecule has 0 amide bonds. The van der Waals surface area contributed by atoms with Crippen molar-refractivity contribution in [3.8, 4) is 0 Å². The molecule has 0 atom stereocenters. The third-order valence-electron chi connectivity index (χ3n) is 2.72. The molecule has 0 aromatic carbocycles. The van der Waals surface area contributed by atoms with Crippen molar-refractivity contribution >= 4 is 17.4 Å². The summed E-state index contributed by atoms with van der Waals surface area (Å²) >= 11 is 0.393. The van der Waals surface area contributed by atoms with Gasteiger partial charge in [0.1, 0.15) is 0 Å². The molecular weight excluding hydrogens is 202 g/mol. The van der Waals surface area contributed by atoms with E-state index in [1.807, 2.05) is 27.7 Å². The van der Waals surface area contributed by atoms with Gasteiger partial charge in [-0.25, -0.2) is 0 Å². The first-order chi connectivity index (χ1) is 5.81. The van der Waals surface area contributed by atoms with Gasteiger partial charge in [-0.3, -0.25) is 0 Å². The Bertz CT molecular complexity index is 97.6. The summed E-state index contributed by atoms with van der Waals surface area (Å²) in [5, 5.41) is 0. The summed E-state index contributed by atoms with van der Waals surface area (Å²) < 4.78 is 0. The van der Waals surface area contributed by atoms with E-state index in [2.05, 4.69) is 6.92 Å². The van der Waals surface area contributed by atoms with Gasteiger partial charge in [0, 0.05) is 0 Å². The molecule has 1 spiro atoms. The second kappa shape index (κ2) is 6.15. The molecule has 1 aliphatic heterocycles. The summed E-state index contributed by atoms with van der Waals surface area (Å²) in [6.07, 6.45) is 3.18. The molecule has 2 fully saturated rings. The van der Waals surface area contributed by atoms with Crippen LogP contribution in [-0.4, -0.2) is 17.4 Å². The predicted molar refractivity (Wildman–Crippen MR) is 58.9 cm³/mol. The molecule has 0 unspecified atom stereocenters. The fourth-order valence-corrected chi connectivity index (χ4v) is 6.02. The van der Waals surface area contributed by atoms with E-state index in [0.29, 0.717) is 17.4 Å². The fraction of sp³-hybridized carbons (Fsp3) is 1.00. The van der Waals surface area contributed by atoms with Crippen LogP contribution in [0, 0.1) is 11.3 Å². The summed E-state index contributed by atoms with van der Waals surface area (Å²) in [6.45, 7) is 10.4. The van der Waals surface area contributed by atoms with E-state index < -0.39 is 0 Å². The molecule has 2 aliphatic rings. The summed E-state index contributed by atoms with van der Waals surface area (Å²) in [7, 11) is 0. The van der Waals surface area contributed by atoms with Gasteiger partial charge in [0.15, 0.2) is 0 Å². The molecule has 1 heteroatoms. The molecule has 0 bridgehead atoms. The van der Waals surface area contributed by atoms with Gasteiger partial charge in [0.2, 0.25) is 0 Å². The second-order valence-electron chi connectivity index (χ2n) is 3.71. The van der Waals surface area contributed by atoms with E-state index in [9.17, 15) is 0 Å². The summed E-state index contributed by atoms with van der Waals surface area (Å²) in [5.41, 5.74) is 0.986. The monoisotopic (exact) mass is 225 g/mol. The molecule has 0 N–H and O–H groups in total. The van der Waals surface area contributed by atoms with Crippen LogP contribution in [0.4, 0.5) is 0 Å². The van der Waals surface area contributed by atoms with Gasteiger partial charge in [-0.15, -0.1) is 0 Å². The molecular formula is C11H24Ga. The quantitative estimate of drug-likeness (QED) is 0.547. The first-order valence-electron chi connectivity index (χ1n) is 5.62. The zero-order valence-electron chi connectivity index (χ0n) is 9.48. The van der Waals surface area contributed by atoms with Crippen LogP contribution in [0.2, 0.25) is 9.95 Å². The predicted octanol–water partition coefficient (Wildman–Crippen LogP) is 4.01. The molecule has 1 saturated heterocycles. The summed E-state index contributed by atoms with van der Waals surface area (Å²) in [6, 6.07) is 0. The van der Waals surface area contributed by atoms with Crippen LogP contribution in [0.25, 0.3) is 0 Å². The van der Waals surface area contributed by atoms with Crippen LogP contribution in [-0.2, 0) is 0 Å². The average molecular weight is 226 g/mol. The van der Waals surface area contributed by atoms with Crippen LogP contribution in [0.15, 0.2) is 0 Å². The third kappa shape index (κ3) is 2.84. The van der Waals surface area contributed by atoms with E-state index in [-0.39, 0.29) is 0 Å². The van der Waals surface area contributed by atoms with Crippen molar-refractivity contribution in [1.29, 1.82) is 0 Å². The first-order valence-corrected chi connectivity index (χ1v) is 9.05. The molecule has 2 rings (SSSR count). The molecule has 0 aromatic heterocycles. The second-order valence-corrected chi connectivity index (χ2v) is 6.63. The molecule has 0 aromatic rings. The van der Waals surface area contributed by atoms with Crippen molar-refractivity contribution in [2.45, 2.75) is 57.4 Å². The molecule has 1 saturated carbocycles. The van der Waals surface area contributed by atoms with Crippen LogP contribution < -0.4 is 0 Å². The van der Waals surface area contributed by atoms with Gasteiger partial charge in [-0.1, -0.05) is 27.7 Å². The Morgan fingerprint density at radius 1 is 1.00 bits per heavy atom. The first kappa shape index (κ1) is 12.6. The van der Waals surface area contributed by atoms with E-state index >= 15 is 0 Å². The average Bonchev–Trinajstić information content (AvgIpc) is 2.03. The van der Waals surface area contributed by atoms with Crippen molar-refractivity contribution in [1.82, 2.24) is 0 Å². The van der Waals surface area contributed by atoms with Crippen molar-refractivity contribution in [3.63, 3.8) is 0 Å². The fourth-order valence-electron chi connectivity index (χ4n) is 2.30. The molecule has 12 heavy (non-hydrogen) atoms. The Hall–Kier alpha value is 0.636. The maximum absolute atomic E-state index is 2.40. The number of hydrogen-bond acceptors (Lipinski definition) is 0. The Kier molecular flexibility index (Phi) is 6.47. The van der Waals surface area contributed by atoms with Crippen LogP contribution >= 0.6 is 0 Å². The van der Waals surface area contributed by atoms with Crippen molar-refractivity contribution in [2.24, 2.45) is 11.3 Å². The Morgan fingerprint density at radius 3 is 1.50 bits per heavy atom. The van der Waals surface area contributed by atoms with Crippen LogP contribution in [0.5, 0.6) is 0 Å². The molecule has 0 nitrogen and oxygen atoms in total. The Balaban J connectivity index is 0.000000269. The minimum atomic E-state index is 0.393. The molecule has 1 radical (unpaired) electrons. The van der Waals surface area contributed by atoms with Gasteiger partial charge >= 0.3 is 58.5 Å². The van der Waals surface area contributed by atoms with Crippen LogP contribution in [0.3, 0.4) is 0 Å². The van der Waals surface area contributed by atoms with Gasteiger partial charge in [-0.05, 0) is 0 Å². The van der Waals surface area contributed by atoms with E-state index in [4.69, 9.17) is 0 Å². The van der Waals surface area contributed by atoms with Crippen molar-refractivity contribution in [2.75, 3.05) is 0 Å². The Morgan fingerprint density at radius 2 is 1.42 bits per heavy atom. The number of hydrogen-bond donors (Lipinski definition) is 0. The topological polar surface area (TPSA) is 0 Å². The molecule has 1 aliphatic carbocycles. The zero-order valence-corrected chi connectivity index (χ0v) is 11.9. The standard InChI is InChI=1S/C7H12.2C2H6.Ga/c1-6-4-7(2,3)5-6;2*1-2;/h6H,2-5H2,1H3;2*1-2H3;. The molecule has 1 heterocycles. The Labute approximate surface area is 86.3 Å². The summed E-state index contributed by atoms with van der Waals surface area (Å²) in [4.78, 5) is 3.42. The maximum atomic E-state index is 2.40. The van der Waals surface area contributed by atoms with E-state index in [0.717, 1.165) is 11.3 Å². The molecule has 71 valence electrons. The zero-order chi connectivity index (χ0) is 9.61. The SMILES string of the molecule is CC.CC.CC1CC2([CH2][Ga][CH2]2)C1. The van der Waals surface area contributed by atoms with E-state index in [1.54, 1.807) is 22.8 Å².